The van der Waals surface area contributed by atoms with Crippen LogP contribution in [0.15, 0.2) is 48.5 Å². The Kier molecular flexibility index (Phi) is 8.32. The van der Waals surface area contributed by atoms with Crippen LogP contribution >= 0.6 is 11.6 Å². The van der Waals surface area contributed by atoms with Crippen molar-refractivity contribution in [1.29, 1.82) is 0 Å². The summed E-state index contributed by atoms with van der Waals surface area (Å²) in [5.74, 6) is -0.277. The standard InChI is InChI=1S/C21H20ClF3N2O4/c1-3-30-15-6-8-16(9-7-15)31-13(2)20(29)27-26-19(28)11-5-14-4-10-18(22)17(12-14)21(23,24)25/h4-13H,3H2,1-2H3,(H,26,28)(H,27,29)/b11-5+. The summed E-state index contributed by atoms with van der Waals surface area (Å²) in [4.78, 5) is 23.9. The Morgan fingerprint density at radius 3 is 2.35 bits per heavy atom. The average molecular weight is 457 g/mol. The minimum Gasteiger partial charge on any atom is -0.494 e. The van der Waals surface area contributed by atoms with Crippen molar-refractivity contribution in [2.24, 2.45) is 0 Å². The largest absolute Gasteiger partial charge is 0.494 e. The first-order valence-electron chi connectivity index (χ1n) is 9.14. The van der Waals surface area contributed by atoms with Crippen molar-refractivity contribution < 1.29 is 32.2 Å². The van der Waals surface area contributed by atoms with Gasteiger partial charge in [0.2, 0.25) is 0 Å². The van der Waals surface area contributed by atoms with Crippen LogP contribution in [0.2, 0.25) is 5.02 Å². The maximum atomic E-state index is 12.9. The van der Waals surface area contributed by atoms with Crippen LogP contribution in [-0.4, -0.2) is 24.5 Å². The summed E-state index contributed by atoms with van der Waals surface area (Å²) in [6.07, 6.45) is -3.40. The number of rotatable bonds is 7. The van der Waals surface area contributed by atoms with Crippen molar-refractivity contribution in [3.63, 3.8) is 0 Å². The zero-order valence-corrected chi connectivity index (χ0v) is 17.4. The van der Waals surface area contributed by atoms with Crippen LogP contribution in [0.25, 0.3) is 6.08 Å². The first kappa shape index (κ1) is 24.1. The third-order valence-corrected chi connectivity index (χ3v) is 4.18. The van der Waals surface area contributed by atoms with E-state index in [4.69, 9.17) is 21.1 Å². The number of hydrogen-bond donors (Lipinski definition) is 2. The zero-order valence-electron chi connectivity index (χ0n) is 16.6. The third-order valence-electron chi connectivity index (χ3n) is 3.85. The van der Waals surface area contributed by atoms with Gasteiger partial charge in [0.25, 0.3) is 11.8 Å². The zero-order chi connectivity index (χ0) is 23.0. The molecule has 2 aromatic carbocycles. The molecule has 0 bridgehead atoms. The molecule has 2 N–H and O–H groups in total. The number of carbonyl (C=O) groups is 2. The molecule has 0 aliphatic heterocycles. The van der Waals surface area contributed by atoms with Gasteiger partial charge in [-0.05, 0) is 61.9 Å². The summed E-state index contributed by atoms with van der Waals surface area (Å²) in [5.41, 5.74) is 3.41. The molecule has 0 saturated carbocycles. The van der Waals surface area contributed by atoms with Crippen LogP contribution in [0.4, 0.5) is 13.2 Å². The van der Waals surface area contributed by atoms with Crippen molar-refractivity contribution in [3.8, 4) is 11.5 Å². The topological polar surface area (TPSA) is 76.7 Å². The molecule has 2 aromatic rings. The molecule has 166 valence electrons. The smallest absolute Gasteiger partial charge is 0.417 e. The SMILES string of the molecule is CCOc1ccc(OC(C)C(=O)NNC(=O)/C=C/c2ccc(Cl)c(C(F)(F)F)c2)cc1. The van der Waals surface area contributed by atoms with E-state index in [1.54, 1.807) is 24.3 Å². The van der Waals surface area contributed by atoms with E-state index < -0.39 is 34.7 Å². The predicted octanol–water partition coefficient (Wildman–Crippen LogP) is 4.39. The number of halogens is 4. The highest BCUT2D eigenvalue weighted by molar-refractivity contribution is 6.31. The van der Waals surface area contributed by atoms with Gasteiger partial charge in [0.05, 0.1) is 17.2 Å². The minimum absolute atomic E-state index is 0.116. The number of ether oxygens (including phenoxy) is 2. The summed E-state index contributed by atoms with van der Waals surface area (Å²) in [6, 6.07) is 9.89. The molecule has 0 aromatic heterocycles. The highest BCUT2D eigenvalue weighted by Crippen LogP contribution is 2.35. The second-order valence-electron chi connectivity index (χ2n) is 6.21. The Bertz CT molecular complexity index is 947. The number of carbonyl (C=O) groups excluding carboxylic acids is 2. The molecule has 0 aliphatic rings. The highest BCUT2D eigenvalue weighted by Gasteiger charge is 2.33. The van der Waals surface area contributed by atoms with Gasteiger partial charge in [-0.1, -0.05) is 17.7 Å². The van der Waals surface area contributed by atoms with Crippen LogP contribution in [0.3, 0.4) is 0 Å². The van der Waals surface area contributed by atoms with E-state index in [1.165, 1.54) is 13.0 Å². The lowest BCUT2D eigenvalue weighted by atomic mass is 10.1. The fourth-order valence-electron chi connectivity index (χ4n) is 2.34. The van der Waals surface area contributed by atoms with Crippen molar-refractivity contribution in [1.82, 2.24) is 10.9 Å². The number of nitrogens with one attached hydrogen (secondary N) is 2. The Morgan fingerprint density at radius 2 is 1.74 bits per heavy atom. The molecule has 0 fully saturated rings. The molecule has 6 nitrogen and oxygen atoms in total. The van der Waals surface area contributed by atoms with E-state index in [9.17, 15) is 22.8 Å². The second kappa shape index (κ2) is 10.7. The first-order valence-corrected chi connectivity index (χ1v) is 9.52. The summed E-state index contributed by atoms with van der Waals surface area (Å²) >= 11 is 5.55. The van der Waals surface area contributed by atoms with E-state index in [0.717, 1.165) is 24.3 Å². The predicted molar refractivity (Wildman–Crippen MR) is 109 cm³/mol. The maximum absolute atomic E-state index is 12.9. The molecule has 10 heteroatoms. The average Bonchev–Trinajstić information content (AvgIpc) is 2.72. The van der Waals surface area contributed by atoms with Crippen LogP contribution in [0.5, 0.6) is 11.5 Å². The maximum Gasteiger partial charge on any atom is 0.417 e. The Morgan fingerprint density at radius 1 is 1.10 bits per heavy atom. The first-order chi connectivity index (χ1) is 14.6. The lowest BCUT2D eigenvalue weighted by Crippen LogP contribution is -2.46. The molecule has 0 heterocycles. The van der Waals surface area contributed by atoms with Gasteiger partial charge >= 0.3 is 6.18 Å². The molecule has 0 saturated heterocycles. The Labute approximate surface area is 182 Å². The number of hydrazine groups is 1. The Hall–Kier alpha value is -3.20. The van der Waals surface area contributed by atoms with Crippen molar-refractivity contribution >= 4 is 29.5 Å². The molecule has 1 unspecified atom stereocenters. The normalized spacial score (nSPS) is 12.3. The lowest BCUT2D eigenvalue weighted by Gasteiger charge is -2.15. The van der Waals surface area contributed by atoms with E-state index in [2.05, 4.69) is 10.9 Å². The number of alkyl halides is 3. The molecule has 1 atom stereocenters. The molecular formula is C21H20ClF3N2O4. The molecule has 0 aliphatic carbocycles. The summed E-state index contributed by atoms with van der Waals surface area (Å²) < 4.78 is 49.4. The third kappa shape index (κ3) is 7.53. The molecule has 0 spiro atoms. The van der Waals surface area contributed by atoms with Crippen LogP contribution in [0.1, 0.15) is 25.0 Å². The second-order valence-corrected chi connectivity index (χ2v) is 6.62. The summed E-state index contributed by atoms with van der Waals surface area (Å²) in [5, 5.41) is -0.442. The van der Waals surface area contributed by atoms with Gasteiger partial charge in [-0.3, -0.25) is 20.4 Å². The number of amides is 2. The van der Waals surface area contributed by atoms with Gasteiger partial charge < -0.3 is 9.47 Å². The van der Waals surface area contributed by atoms with Crippen molar-refractivity contribution in [3.05, 3.63) is 64.7 Å². The van der Waals surface area contributed by atoms with Crippen LogP contribution in [0, 0.1) is 0 Å². The number of hydrogen-bond acceptors (Lipinski definition) is 4. The summed E-state index contributed by atoms with van der Waals surface area (Å²) in [6.45, 7) is 3.87. The van der Waals surface area contributed by atoms with Gasteiger partial charge in [-0.15, -0.1) is 0 Å². The Balaban J connectivity index is 1.86. The minimum atomic E-state index is -4.61. The van der Waals surface area contributed by atoms with Crippen LogP contribution < -0.4 is 20.3 Å². The molecule has 0 radical (unpaired) electrons. The van der Waals surface area contributed by atoms with Crippen molar-refractivity contribution in [2.45, 2.75) is 26.1 Å². The van der Waals surface area contributed by atoms with E-state index in [0.29, 0.717) is 18.1 Å². The number of benzene rings is 2. The molecule has 2 amide bonds. The summed E-state index contributed by atoms with van der Waals surface area (Å²) in [7, 11) is 0. The van der Waals surface area contributed by atoms with Gasteiger partial charge in [0, 0.05) is 6.08 Å². The lowest BCUT2D eigenvalue weighted by molar-refractivity contribution is -0.137. The quantitative estimate of drug-likeness (QED) is 0.478. The van der Waals surface area contributed by atoms with E-state index >= 15 is 0 Å². The fraction of sp³-hybridized carbons (Fsp3) is 0.238. The van der Waals surface area contributed by atoms with Crippen LogP contribution in [-0.2, 0) is 15.8 Å². The van der Waals surface area contributed by atoms with Gasteiger partial charge in [0.15, 0.2) is 6.10 Å². The van der Waals surface area contributed by atoms with E-state index in [1.807, 2.05) is 6.92 Å². The fourth-order valence-corrected chi connectivity index (χ4v) is 2.57. The van der Waals surface area contributed by atoms with Crippen molar-refractivity contribution in [2.75, 3.05) is 6.61 Å². The monoisotopic (exact) mass is 456 g/mol. The highest BCUT2D eigenvalue weighted by atomic mass is 35.5. The van der Waals surface area contributed by atoms with Gasteiger partial charge in [0.1, 0.15) is 11.5 Å². The van der Waals surface area contributed by atoms with Gasteiger partial charge in [-0.2, -0.15) is 13.2 Å². The molecule has 2 rings (SSSR count). The molecule has 31 heavy (non-hydrogen) atoms. The van der Waals surface area contributed by atoms with E-state index in [-0.39, 0.29) is 5.56 Å². The molecular weight excluding hydrogens is 437 g/mol. The van der Waals surface area contributed by atoms with Gasteiger partial charge in [-0.25, -0.2) is 0 Å².